The summed E-state index contributed by atoms with van der Waals surface area (Å²) in [5, 5.41) is 0. The average Bonchev–Trinajstić information content (AvgIpc) is 2.79. The Labute approximate surface area is 189 Å². The van der Waals surface area contributed by atoms with E-state index in [4.69, 9.17) is 5.73 Å². The average molecular weight is 463 g/mol. The molecule has 1 amide bonds. The molecule has 2 heterocycles. The van der Waals surface area contributed by atoms with Crippen LogP contribution in [0.1, 0.15) is 40.3 Å². The van der Waals surface area contributed by atoms with Crippen LogP contribution in [0.5, 0.6) is 0 Å². The van der Waals surface area contributed by atoms with E-state index in [-0.39, 0.29) is 29.1 Å². The minimum atomic E-state index is -4.69. The van der Waals surface area contributed by atoms with Crippen molar-refractivity contribution in [3.05, 3.63) is 58.8 Å². The largest absolute Gasteiger partial charge is 0.417 e. The number of aryl methyl sites for hydroxylation is 1. The molecule has 1 aliphatic heterocycles. The van der Waals surface area contributed by atoms with Gasteiger partial charge in [-0.15, -0.1) is 0 Å². The number of anilines is 2. The molecule has 10 heteroatoms. The highest BCUT2D eigenvalue weighted by molar-refractivity contribution is 5.87. The fourth-order valence-electron chi connectivity index (χ4n) is 4.92. The minimum absolute atomic E-state index is 0.0856. The van der Waals surface area contributed by atoms with E-state index in [0.717, 1.165) is 17.4 Å². The van der Waals surface area contributed by atoms with Crippen molar-refractivity contribution in [1.29, 1.82) is 0 Å². The van der Waals surface area contributed by atoms with Gasteiger partial charge in [0.15, 0.2) is 0 Å². The Hall–Kier alpha value is -3.17. The number of carbonyl (C=O) groups is 1. The predicted octanol–water partition coefficient (Wildman–Crippen LogP) is 3.63. The summed E-state index contributed by atoms with van der Waals surface area (Å²) >= 11 is 0. The van der Waals surface area contributed by atoms with Crippen molar-refractivity contribution in [2.75, 3.05) is 36.8 Å². The molecule has 1 atom stereocenters. The molecule has 0 saturated carbocycles. The Morgan fingerprint density at radius 3 is 2.58 bits per heavy atom. The summed E-state index contributed by atoms with van der Waals surface area (Å²) in [5.74, 6) is -1.09. The van der Waals surface area contributed by atoms with Gasteiger partial charge >= 0.3 is 6.18 Å². The van der Waals surface area contributed by atoms with E-state index in [0.29, 0.717) is 44.7 Å². The predicted molar refractivity (Wildman–Crippen MR) is 116 cm³/mol. The van der Waals surface area contributed by atoms with E-state index >= 15 is 0 Å². The quantitative estimate of drug-likeness (QED) is 0.428. The van der Waals surface area contributed by atoms with Crippen molar-refractivity contribution in [3.8, 4) is 0 Å². The van der Waals surface area contributed by atoms with E-state index in [1.165, 1.54) is 19.3 Å². The third-order valence-electron chi connectivity index (χ3n) is 6.48. The zero-order valence-corrected chi connectivity index (χ0v) is 18.3. The summed E-state index contributed by atoms with van der Waals surface area (Å²) in [6.45, 7) is 7.01. The van der Waals surface area contributed by atoms with Gasteiger partial charge in [-0.1, -0.05) is 6.58 Å². The van der Waals surface area contributed by atoms with Crippen LogP contribution in [0, 0.1) is 12.7 Å². The number of amides is 1. The van der Waals surface area contributed by atoms with Crippen molar-refractivity contribution in [2.24, 2.45) is 0 Å². The van der Waals surface area contributed by atoms with Gasteiger partial charge in [0.25, 0.3) is 0 Å². The fraction of sp³-hybridized carbons (Fsp3) is 0.435. The molecule has 4 rings (SSSR count). The number of aromatic nitrogens is 2. The summed E-state index contributed by atoms with van der Waals surface area (Å²) in [6.07, 6.45) is -1.09. The third kappa shape index (κ3) is 4.26. The number of alkyl halides is 3. The Morgan fingerprint density at radius 1 is 1.24 bits per heavy atom. The number of rotatable bonds is 3. The number of nitrogens with two attached hydrogens (primary N) is 1. The number of halogens is 4. The van der Waals surface area contributed by atoms with E-state index in [2.05, 4.69) is 21.4 Å². The van der Waals surface area contributed by atoms with Gasteiger partial charge in [0.05, 0.1) is 11.3 Å². The van der Waals surface area contributed by atoms with Crippen LogP contribution in [0.15, 0.2) is 25.0 Å². The molecule has 2 N–H and O–H groups in total. The highest BCUT2D eigenvalue weighted by Gasteiger charge is 2.40. The molecule has 1 aromatic carbocycles. The van der Waals surface area contributed by atoms with Gasteiger partial charge in [0.2, 0.25) is 5.91 Å². The van der Waals surface area contributed by atoms with E-state index in [9.17, 15) is 22.4 Å². The molecule has 1 saturated heterocycles. The molecule has 1 unspecified atom stereocenters. The second-order valence-corrected chi connectivity index (χ2v) is 8.46. The second-order valence-electron chi connectivity index (χ2n) is 8.46. The lowest BCUT2D eigenvalue weighted by Crippen LogP contribution is -2.49. The summed E-state index contributed by atoms with van der Waals surface area (Å²) in [5.41, 5.74) is 5.49. The first-order valence-corrected chi connectivity index (χ1v) is 10.8. The Balaban J connectivity index is 1.63. The minimum Gasteiger partial charge on any atom is -0.396 e. The Bertz CT molecular complexity index is 1090. The van der Waals surface area contributed by atoms with Crippen LogP contribution < -0.4 is 10.6 Å². The van der Waals surface area contributed by atoms with Crippen LogP contribution in [0.2, 0.25) is 0 Å². The van der Waals surface area contributed by atoms with Crippen LogP contribution in [0.25, 0.3) is 0 Å². The van der Waals surface area contributed by atoms with Crippen LogP contribution in [-0.4, -0.2) is 47.0 Å². The zero-order chi connectivity index (χ0) is 23.9. The van der Waals surface area contributed by atoms with Crippen molar-refractivity contribution < 1.29 is 22.4 Å². The third-order valence-corrected chi connectivity index (χ3v) is 6.48. The lowest BCUT2D eigenvalue weighted by Gasteiger charge is -2.37. The highest BCUT2D eigenvalue weighted by Crippen LogP contribution is 2.44. The molecular weight excluding hydrogens is 438 g/mol. The molecule has 176 valence electrons. The lowest BCUT2D eigenvalue weighted by molar-refractivity contribution is -0.139. The van der Waals surface area contributed by atoms with Crippen molar-refractivity contribution in [1.82, 2.24) is 14.9 Å². The van der Waals surface area contributed by atoms with Gasteiger partial charge < -0.3 is 15.5 Å². The maximum Gasteiger partial charge on any atom is 0.417 e. The van der Waals surface area contributed by atoms with Crippen molar-refractivity contribution >= 4 is 17.4 Å². The first-order chi connectivity index (χ1) is 15.6. The number of hydrogen-bond acceptors (Lipinski definition) is 5. The van der Waals surface area contributed by atoms with Crippen LogP contribution in [0.3, 0.4) is 0 Å². The van der Waals surface area contributed by atoms with Crippen LogP contribution in [-0.2, 0) is 23.8 Å². The number of benzene rings is 1. The Morgan fingerprint density at radius 2 is 1.94 bits per heavy atom. The highest BCUT2D eigenvalue weighted by atomic mass is 19.4. The molecule has 2 aromatic rings. The van der Waals surface area contributed by atoms with Crippen molar-refractivity contribution in [2.45, 2.75) is 38.3 Å². The molecule has 0 spiro atoms. The summed E-state index contributed by atoms with van der Waals surface area (Å²) < 4.78 is 56.4. The van der Waals surface area contributed by atoms with Gasteiger partial charge in [0.1, 0.15) is 18.0 Å². The molecule has 0 bridgehead atoms. The van der Waals surface area contributed by atoms with Gasteiger partial charge in [0, 0.05) is 43.0 Å². The van der Waals surface area contributed by atoms with Gasteiger partial charge in [-0.05, 0) is 49.8 Å². The maximum absolute atomic E-state index is 14.9. The first-order valence-electron chi connectivity index (χ1n) is 10.8. The molecule has 33 heavy (non-hydrogen) atoms. The standard InChI is InChI=1S/C23H25F4N5O/c1-3-18(33)31-6-8-32(9-7-31)22-15-5-4-14(11-17(15)29-12-30-22)19-20(23(25,26)27)13(2)10-16(28)21(19)24/h3,10,12,14H,1,4-9,11,28H2,2H3. The van der Waals surface area contributed by atoms with Gasteiger partial charge in [-0.2, -0.15) is 13.2 Å². The van der Waals surface area contributed by atoms with Crippen LogP contribution >= 0.6 is 0 Å². The number of hydrogen-bond donors (Lipinski definition) is 1. The monoisotopic (exact) mass is 463 g/mol. The Kier molecular flexibility index (Phi) is 6.02. The maximum atomic E-state index is 14.9. The number of fused-ring (bicyclic) bond motifs is 1. The van der Waals surface area contributed by atoms with Crippen molar-refractivity contribution in [3.63, 3.8) is 0 Å². The molecule has 2 aliphatic rings. The first kappa shape index (κ1) is 23.0. The number of piperazine rings is 1. The topological polar surface area (TPSA) is 75.4 Å². The summed E-state index contributed by atoms with van der Waals surface area (Å²) in [4.78, 5) is 24.3. The van der Waals surface area contributed by atoms with E-state index in [1.54, 1.807) is 4.90 Å². The number of nitrogens with zero attached hydrogens (tertiary/aromatic N) is 4. The summed E-state index contributed by atoms with van der Waals surface area (Å²) in [7, 11) is 0. The smallest absolute Gasteiger partial charge is 0.396 e. The lowest BCUT2D eigenvalue weighted by atomic mass is 9.79. The zero-order valence-electron chi connectivity index (χ0n) is 18.3. The molecule has 1 aliphatic carbocycles. The van der Waals surface area contributed by atoms with Crippen LogP contribution in [0.4, 0.5) is 29.1 Å². The SMILES string of the molecule is C=CC(=O)N1CCN(c2ncnc3c2CCC(c2c(F)c(N)cc(C)c2C(F)(F)F)C3)CC1. The van der Waals surface area contributed by atoms with E-state index in [1.807, 2.05) is 0 Å². The summed E-state index contributed by atoms with van der Waals surface area (Å²) in [6, 6.07) is 1.04. The molecule has 0 radical (unpaired) electrons. The number of nitrogen functional groups attached to an aromatic ring is 1. The fourth-order valence-corrected chi connectivity index (χ4v) is 4.92. The van der Waals surface area contributed by atoms with Gasteiger partial charge in [-0.25, -0.2) is 14.4 Å². The normalized spacial score (nSPS) is 18.8. The number of carbonyl (C=O) groups excluding carboxylic acids is 1. The van der Waals surface area contributed by atoms with Gasteiger partial charge in [-0.3, -0.25) is 4.79 Å². The second kappa shape index (κ2) is 8.64. The molecular formula is C23H25F4N5O. The molecule has 6 nitrogen and oxygen atoms in total. The molecule has 1 fully saturated rings. The van der Waals surface area contributed by atoms with E-state index < -0.39 is 23.5 Å². The molecule has 1 aromatic heterocycles.